The van der Waals surface area contributed by atoms with E-state index < -0.39 is 6.16 Å². The summed E-state index contributed by atoms with van der Waals surface area (Å²) in [4.78, 5) is 11.0. The Morgan fingerprint density at radius 2 is 2.38 bits per heavy atom. The Bertz CT molecular complexity index is 155. The average molecular weight is 187 g/mol. The molecule has 0 radical (unpaired) electrons. The Labute approximate surface area is 78.6 Å². The van der Waals surface area contributed by atoms with E-state index in [1.165, 1.54) is 0 Å². The summed E-state index contributed by atoms with van der Waals surface area (Å²) in [7, 11) is 0. The second-order valence-electron chi connectivity index (χ2n) is 3.15. The molecule has 1 rings (SSSR count). The van der Waals surface area contributed by atoms with Crippen molar-refractivity contribution in [3.63, 3.8) is 0 Å². The molecule has 0 aromatic carbocycles. The number of carbonyl (C=O) groups is 1. The SMILES string of the molecule is CCCOC(=O)OC1CCCCN1. The fourth-order valence-electron chi connectivity index (χ4n) is 1.26. The number of piperidine rings is 1. The summed E-state index contributed by atoms with van der Waals surface area (Å²) in [6.07, 6.45) is 3.29. The zero-order valence-corrected chi connectivity index (χ0v) is 8.04. The number of rotatable bonds is 3. The van der Waals surface area contributed by atoms with Crippen LogP contribution in [0.3, 0.4) is 0 Å². The van der Waals surface area contributed by atoms with Crippen molar-refractivity contribution in [2.45, 2.75) is 38.8 Å². The maximum atomic E-state index is 11.0. The molecule has 0 amide bonds. The third-order valence-corrected chi connectivity index (χ3v) is 1.93. The lowest BCUT2D eigenvalue weighted by Gasteiger charge is -2.22. The fourth-order valence-corrected chi connectivity index (χ4v) is 1.26. The molecule has 76 valence electrons. The van der Waals surface area contributed by atoms with Gasteiger partial charge in [-0.1, -0.05) is 6.92 Å². The third-order valence-electron chi connectivity index (χ3n) is 1.93. The van der Waals surface area contributed by atoms with Gasteiger partial charge >= 0.3 is 6.16 Å². The van der Waals surface area contributed by atoms with Gasteiger partial charge in [0.15, 0.2) is 6.23 Å². The first kappa shape index (κ1) is 10.3. The predicted molar refractivity (Wildman–Crippen MR) is 48.4 cm³/mol. The van der Waals surface area contributed by atoms with Crippen molar-refractivity contribution in [3.8, 4) is 0 Å². The van der Waals surface area contributed by atoms with Crippen LogP contribution in [-0.4, -0.2) is 25.5 Å². The minimum absolute atomic E-state index is 0.141. The van der Waals surface area contributed by atoms with Gasteiger partial charge in [-0.3, -0.25) is 5.32 Å². The molecule has 0 bridgehead atoms. The maximum absolute atomic E-state index is 11.0. The number of hydrogen-bond donors (Lipinski definition) is 1. The molecule has 1 heterocycles. The molecular weight excluding hydrogens is 170 g/mol. The zero-order valence-electron chi connectivity index (χ0n) is 8.04. The van der Waals surface area contributed by atoms with Crippen LogP contribution < -0.4 is 5.32 Å². The Hall–Kier alpha value is -0.770. The molecule has 4 nitrogen and oxygen atoms in total. The molecular formula is C9H17NO3. The highest BCUT2D eigenvalue weighted by Crippen LogP contribution is 2.08. The average Bonchev–Trinajstić information content (AvgIpc) is 2.16. The van der Waals surface area contributed by atoms with Gasteiger partial charge in [0.2, 0.25) is 0 Å². The Balaban J connectivity index is 2.11. The van der Waals surface area contributed by atoms with Crippen molar-refractivity contribution < 1.29 is 14.3 Å². The molecule has 1 saturated heterocycles. The summed E-state index contributed by atoms with van der Waals surface area (Å²) in [6.45, 7) is 3.31. The van der Waals surface area contributed by atoms with Gasteiger partial charge in [-0.05, 0) is 32.2 Å². The molecule has 0 aliphatic carbocycles. The Kier molecular flexibility index (Phi) is 4.60. The lowest BCUT2D eigenvalue weighted by atomic mass is 10.1. The summed E-state index contributed by atoms with van der Waals surface area (Å²) in [5.74, 6) is 0. The van der Waals surface area contributed by atoms with E-state index in [1.54, 1.807) is 0 Å². The minimum atomic E-state index is -0.554. The highest BCUT2D eigenvalue weighted by molar-refractivity contribution is 5.60. The minimum Gasteiger partial charge on any atom is -0.434 e. The highest BCUT2D eigenvalue weighted by atomic mass is 16.7. The molecule has 1 unspecified atom stereocenters. The molecule has 0 aromatic heterocycles. The van der Waals surface area contributed by atoms with Gasteiger partial charge in [0.05, 0.1) is 6.61 Å². The van der Waals surface area contributed by atoms with Gasteiger partial charge in [0, 0.05) is 0 Å². The van der Waals surface area contributed by atoms with Crippen molar-refractivity contribution >= 4 is 6.16 Å². The standard InChI is InChI=1S/C9H17NO3/c1-2-7-12-9(11)13-8-5-3-4-6-10-8/h8,10H,2-7H2,1H3. The molecule has 1 atom stereocenters. The Morgan fingerprint density at radius 3 is 3.00 bits per heavy atom. The Morgan fingerprint density at radius 1 is 1.54 bits per heavy atom. The molecule has 4 heteroatoms. The molecule has 1 fully saturated rings. The first-order valence-corrected chi connectivity index (χ1v) is 4.89. The van der Waals surface area contributed by atoms with Gasteiger partial charge in [-0.25, -0.2) is 4.79 Å². The normalized spacial score (nSPS) is 22.4. The summed E-state index contributed by atoms with van der Waals surface area (Å²) in [5.41, 5.74) is 0. The van der Waals surface area contributed by atoms with Gasteiger partial charge in [-0.15, -0.1) is 0 Å². The van der Waals surface area contributed by atoms with Gasteiger partial charge in [-0.2, -0.15) is 0 Å². The van der Waals surface area contributed by atoms with Crippen LogP contribution in [0, 0.1) is 0 Å². The van der Waals surface area contributed by atoms with Crippen LogP contribution in [0.25, 0.3) is 0 Å². The van der Waals surface area contributed by atoms with Crippen molar-refractivity contribution in [1.29, 1.82) is 0 Å². The van der Waals surface area contributed by atoms with E-state index in [1.807, 2.05) is 6.92 Å². The molecule has 1 N–H and O–H groups in total. The predicted octanol–water partition coefficient (Wildman–Crippen LogP) is 1.65. The van der Waals surface area contributed by atoms with E-state index in [4.69, 9.17) is 9.47 Å². The van der Waals surface area contributed by atoms with Crippen LogP contribution >= 0.6 is 0 Å². The maximum Gasteiger partial charge on any atom is 0.509 e. The molecule has 0 aromatic rings. The van der Waals surface area contributed by atoms with E-state index in [0.29, 0.717) is 6.61 Å². The summed E-state index contributed by atoms with van der Waals surface area (Å²) < 4.78 is 9.81. The summed E-state index contributed by atoms with van der Waals surface area (Å²) in [6, 6.07) is 0. The molecule has 1 aliphatic heterocycles. The molecule has 13 heavy (non-hydrogen) atoms. The largest absolute Gasteiger partial charge is 0.509 e. The number of carbonyl (C=O) groups excluding carboxylic acids is 1. The van der Waals surface area contributed by atoms with E-state index in [9.17, 15) is 4.79 Å². The van der Waals surface area contributed by atoms with E-state index in [0.717, 1.165) is 32.2 Å². The van der Waals surface area contributed by atoms with Crippen molar-refractivity contribution in [3.05, 3.63) is 0 Å². The summed E-state index contributed by atoms with van der Waals surface area (Å²) in [5, 5.41) is 3.10. The highest BCUT2D eigenvalue weighted by Gasteiger charge is 2.17. The monoisotopic (exact) mass is 187 g/mol. The first-order chi connectivity index (χ1) is 6.33. The van der Waals surface area contributed by atoms with Gasteiger partial charge < -0.3 is 9.47 Å². The van der Waals surface area contributed by atoms with Crippen molar-refractivity contribution in [2.75, 3.05) is 13.2 Å². The fraction of sp³-hybridized carbons (Fsp3) is 0.889. The first-order valence-electron chi connectivity index (χ1n) is 4.89. The molecule has 1 aliphatic rings. The quantitative estimate of drug-likeness (QED) is 0.682. The van der Waals surface area contributed by atoms with E-state index >= 15 is 0 Å². The van der Waals surface area contributed by atoms with Crippen LogP contribution in [0.15, 0.2) is 0 Å². The second kappa shape index (κ2) is 5.80. The second-order valence-corrected chi connectivity index (χ2v) is 3.15. The lowest BCUT2D eigenvalue weighted by Crippen LogP contribution is -2.37. The van der Waals surface area contributed by atoms with Crippen LogP contribution in [-0.2, 0) is 9.47 Å². The van der Waals surface area contributed by atoms with Gasteiger partial charge in [0.1, 0.15) is 0 Å². The van der Waals surface area contributed by atoms with Crippen LogP contribution in [0.2, 0.25) is 0 Å². The molecule has 0 saturated carbocycles. The zero-order chi connectivity index (χ0) is 9.52. The van der Waals surface area contributed by atoms with Crippen LogP contribution in [0.5, 0.6) is 0 Å². The summed E-state index contributed by atoms with van der Waals surface area (Å²) >= 11 is 0. The topological polar surface area (TPSA) is 47.6 Å². The smallest absolute Gasteiger partial charge is 0.434 e. The molecule has 0 spiro atoms. The lowest BCUT2D eigenvalue weighted by molar-refractivity contribution is 0.00237. The van der Waals surface area contributed by atoms with Crippen LogP contribution in [0.4, 0.5) is 4.79 Å². The van der Waals surface area contributed by atoms with Gasteiger partial charge in [0.25, 0.3) is 0 Å². The number of nitrogens with one attached hydrogen (secondary N) is 1. The van der Waals surface area contributed by atoms with Crippen molar-refractivity contribution in [1.82, 2.24) is 5.32 Å². The number of hydrogen-bond acceptors (Lipinski definition) is 4. The van der Waals surface area contributed by atoms with E-state index in [-0.39, 0.29) is 6.23 Å². The number of ether oxygens (including phenoxy) is 2. The van der Waals surface area contributed by atoms with Crippen molar-refractivity contribution in [2.24, 2.45) is 0 Å². The third kappa shape index (κ3) is 4.12. The van der Waals surface area contributed by atoms with Crippen LogP contribution in [0.1, 0.15) is 32.6 Å². The van der Waals surface area contributed by atoms with E-state index in [2.05, 4.69) is 5.32 Å².